The first kappa shape index (κ1) is 11.8. The van der Waals surface area contributed by atoms with Crippen LogP contribution in [0.3, 0.4) is 0 Å². The van der Waals surface area contributed by atoms with Gasteiger partial charge in [0.15, 0.2) is 0 Å². The van der Waals surface area contributed by atoms with Gasteiger partial charge in [-0.3, -0.25) is 0 Å². The summed E-state index contributed by atoms with van der Waals surface area (Å²) in [5.74, 6) is -1.48. The Hall–Kier alpha value is -1.67. The highest BCUT2D eigenvalue weighted by Crippen LogP contribution is 2.22. The van der Waals surface area contributed by atoms with E-state index in [1.54, 1.807) is 6.07 Å². The standard InChI is InChI=1S/C12H13F2N3/c13-8-5-11(14)10(7-15)12(6-8)17-9-1-3-16-4-2-9/h5-6,9,16-17H,1-4H2. The molecule has 0 saturated carbocycles. The van der Waals surface area contributed by atoms with E-state index >= 15 is 0 Å². The second kappa shape index (κ2) is 5.11. The van der Waals surface area contributed by atoms with Crippen molar-refractivity contribution in [3.8, 4) is 6.07 Å². The molecule has 5 heteroatoms. The third kappa shape index (κ3) is 2.71. The van der Waals surface area contributed by atoms with Crippen molar-refractivity contribution >= 4 is 5.69 Å². The molecule has 0 unspecified atom stereocenters. The molecule has 90 valence electrons. The third-order valence-electron chi connectivity index (χ3n) is 2.87. The van der Waals surface area contributed by atoms with Crippen LogP contribution in [0.2, 0.25) is 0 Å². The number of nitrogens with zero attached hydrogens (tertiary/aromatic N) is 1. The number of nitrogens with one attached hydrogen (secondary N) is 2. The van der Waals surface area contributed by atoms with Crippen molar-refractivity contribution in [2.24, 2.45) is 0 Å². The highest BCUT2D eigenvalue weighted by molar-refractivity contribution is 5.58. The van der Waals surface area contributed by atoms with Crippen molar-refractivity contribution in [1.29, 1.82) is 5.26 Å². The van der Waals surface area contributed by atoms with E-state index in [1.165, 1.54) is 6.07 Å². The summed E-state index contributed by atoms with van der Waals surface area (Å²) in [4.78, 5) is 0. The quantitative estimate of drug-likeness (QED) is 0.827. The molecule has 0 atom stereocenters. The molecular formula is C12H13F2N3. The van der Waals surface area contributed by atoms with Gasteiger partial charge in [-0.05, 0) is 32.0 Å². The molecule has 1 fully saturated rings. The molecule has 0 aliphatic carbocycles. The van der Waals surface area contributed by atoms with Gasteiger partial charge in [-0.2, -0.15) is 5.26 Å². The van der Waals surface area contributed by atoms with Crippen LogP contribution in [0.1, 0.15) is 18.4 Å². The second-order valence-electron chi connectivity index (χ2n) is 4.09. The van der Waals surface area contributed by atoms with Gasteiger partial charge in [0.1, 0.15) is 23.3 Å². The normalized spacial score (nSPS) is 16.5. The Morgan fingerprint density at radius 2 is 2.00 bits per heavy atom. The molecule has 0 bridgehead atoms. The molecule has 1 saturated heterocycles. The summed E-state index contributed by atoms with van der Waals surface area (Å²) in [7, 11) is 0. The number of hydrogen-bond acceptors (Lipinski definition) is 3. The highest BCUT2D eigenvalue weighted by Gasteiger charge is 2.17. The van der Waals surface area contributed by atoms with E-state index in [2.05, 4.69) is 10.6 Å². The maximum atomic E-state index is 13.4. The monoisotopic (exact) mass is 237 g/mol. The van der Waals surface area contributed by atoms with Gasteiger partial charge in [-0.1, -0.05) is 0 Å². The van der Waals surface area contributed by atoms with Gasteiger partial charge in [0.05, 0.1) is 5.69 Å². The Labute approximate surface area is 98.4 Å². The summed E-state index contributed by atoms with van der Waals surface area (Å²) in [5, 5.41) is 15.1. The van der Waals surface area contributed by atoms with Gasteiger partial charge in [0.2, 0.25) is 0 Å². The molecule has 1 aliphatic heterocycles. The zero-order valence-electron chi connectivity index (χ0n) is 9.26. The number of halogens is 2. The van der Waals surface area contributed by atoms with Crippen molar-refractivity contribution < 1.29 is 8.78 Å². The Balaban J connectivity index is 2.22. The maximum absolute atomic E-state index is 13.4. The van der Waals surface area contributed by atoms with Crippen LogP contribution in [-0.2, 0) is 0 Å². The summed E-state index contributed by atoms with van der Waals surface area (Å²) in [6, 6.07) is 3.82. The van der Waals surface area contributed by atoms with E-state index < -0.39 is 11.6 Å². The van der Waals surface area contributed by atoms with Crippen LogP contribution in [0.15, 0.2) is 12.1 Å². The van der Waals surface area contributed by atoms with E-state index in [0.717, 1.165) is 32.0 Å². The molecule has 3 nitrogen and oxygen atoms in total. The molecule has 0 radical (unpaired) electrons. The molecule has 1 aromatic rings. The summed E-state index contributed by atoms with van der Waals surface area (Å²) < 4.78 is 26.4. The van der Waals surface area contributed by atoms with Crippen molar-refractivity contribution in [3.63, 3.8) is 0 Å². The molecular weight excluding hydrogens is 224 g/mol. The summed E-state index contributed by atoms with van der Waals surface area (Å²) >= 11 is 0. The largest absolute Gasteiger partial charge is 0.381 e. The maximum Gasteiger partial charge on any atom is 0.145 e. The predicted octanol–water partition coefficient (Wildman–Crippen LogP) is 2.00. The summed E-state index contributed by atoms with van der Waals surface area (Å²) in [5.41, 5.74) is 0.127. The number of hydrogen-bond donors (Lipinski definition) is 2. The Morgan fingerprint density at radius 3 is 2.65 bits per heavy atom. The van der Waals surface area contributed by atoms with Crippen LogP contribution in [0.25, 0.3) is 0 Å². The third-order valence-corrected chi connectivity index (χ3v) is 2.87. The van der Waals surface area contributed by atoms with Gasteiger partial charge in [-0.15, -0.1) is 0 Å². The average molecular weight is 237 g/mol. The Bertz CT molecular complexity index is 448. The number of nitriles is 1. The number of rotatable bonds is 2. The lowest BCUT2D eigenvalue weighted by Gasteiger charge is -2.25. The lowest BCUT2D eigenvalue weighted by atomic mass is 10.1. The topological polar surface area (TPSA) is 47.9 Å². The molecule has 0 aromatic heterocycles. The zero-order valence-corrected chi connectivity index (χ0v) is 9.26. The van der Waals surface area contributed by atoms with Crippen LogP contribution in [0, 0.1) is 23.0 Å². The Morgan fingerprint density at radius 1 is 1.29 bits per heavy atom. The highest BCUT2D eigenvalue weighted by atomic mass is 19.1. The second-order valence-corrected chi connectivity index (χ2v) is 4.09. The van der Waals surface area contributed by atoms with Crippen molar-refractivity contribution in [3.05, 3.63) is 29.3 Å². The summed E-state index contributed by atoms with van der Waals surface area (Å²) in [6.07, 6.45) is 1.76. The van der Waals surface area contributed by atoms with Crippen LogP contribution in [-0.4, -0.2) is 19.1 Å². The van der Waals surface area contributed by atoms with Gasteiger partial charge in [0.25, 0.3) is 0 Å². The summed E-state index contributed by atoms with van der Waals surface area (Å²) in [6.45, 7) is 1.74. The minimum atomic E-state index is -0.816. The van der Waals surface area contributed by atoms with Gasteiger partial charge in [-0.25, -0.2) is 8.78 Å². The smallest absolute Gasteiger partial charge is 0.145 e. The first-order valence-electron chi connectivity index (χ1n) is 5.57. The number of anilines is 1. The molecule has 17 heavy (non-hydrogen) atoms. The molecule has 1 aromatic carbocycles. The predicted molar refractivity (Wildman–Crippen MR) is 60.6 cm³/mol. The van der Waals surface area contributed by atoms with Gasteiger partial charge in [0, 0.05) is 12.1 Å². The molecule has 1 aliphatic rings. The van der Waals surface area contributed by atoms with Crippen molar-refractivity contribution in [1.82, 2.24) is 5.32 Å². The number of piperidine rings is 1. The minimum Gasteiger partial charge on any atom is -0.381 e. The lowest BCUT2D eigenvalue weighted by molar-refractivity contribution is 0.478. The van der Waals surface area contributed by atoms with E-state index in [0.29, 0.717) is 0 Å². The van der Waals surface area contributed by atoms with Crippen molar-refractivity contribution in [2.45, 2.75) is 18.9 Å². The van der Waals surface area contributed by atoms with Crippen LogP contribution >= 0.6 is 0 Å². The molecule has 0 amide bonds. The number of benzene rings is 1. The van der Waals surface area contributed by atoms with Crippen molar-refractivity contribution in [2.75, 3.05) is 18.4 Å². The Kier molecular flexibility index (Phi) is 3.55. The first-order valence-corrected chi connectivity index (χ1v) is 5.57. The fourth-order valence-corrected chi connectivity index (χ4v) is 1.99. The molecule has 2 N–H and O–H groups in total. The molecule has 2 rings (SSSR count). The molecule has 1 heterocycles. The fourth-order valence-electron chi connectivity index (χ4n) is 1.99. The fraction of sp³-hybridized carbons (Fsp3) is 0.417. The van der Waals surface area contributed by atoms with E-state index in [-0.39, 0.29) is 17.3 Å². The first-order chi connectivity index (χ1) is 8.20. The van der Waals surface area contributed by atoms with Crippen LogP contribution in [0.4, 0.5) is 14.5 Å². The SMILES string of the molecule is N#Cc1c(F)cc(F)cc1NC1CCNCC1. The van der Waals surface area contributed by atoms with Gasteiger partial charge < -0.3 is 10.6 Å². The zero-order chi connectivity index (χ0) is 12.3. The van der Waals surface area contributed by atoms with E-state index in [4.69, 9.17) is 5.26 Å². The van der Waals surface area contributed by atoms with E-state index in [1.807, 2.05) is 0 Å². The lowest BCUT2D eigenvalue weighted by Crippen LogP contribution is -2.35. The molecule has 0 spiro atoms. The van der Waals surface area contributed by atoms with E-state index in [9.17, 15) is 8.78 Å². The van der Waals surface area contributed by atoms with Crippen LogP contribution < -0.4 is 10.6 Å². The average Bonchev–Trinajstić information content (AvgIpc) is 2.30. The van der Waals surface area contributed by atoms with Gasteiger partial charge >= 0.3 is 0 Å². The van der Waals surface area contributed by atoms with Crippen LogP contribution in [0.5, 0.6) is 0 Å². The minimum absolute atomic E-state index is 0.120.